The van der Waals surface area contributed by atoms with E-state index in [9.17, 15) is 5.11 Å². The van der Waals surface area contributed by atoms with Crippen LogP contribution in [0.15, 0.2) is 60.1 Å². The van der Waals surface area contributed by atoms with E-state index in [1.54, 1.807) is 26.2 Å². The lowest BCUT2D eigenvalue weighted by Gasteiger charge is -2.33. The normalized spacial score (nSPS) is 18.7. The van der Waals surface area contributed by atoms with Crippen molar-refractivity contribution in [3.05, 3.63) is 71.8 Å². The number of amidine groups is 1. The van der Waals surface area contributed by atoms with Gasteiger partial charge in [0, 0.05) is 34.6 Å². The van der Waals surface area contributed by atoms with Crippen LogP contribution in [0.4, 0.5) is 0 Å². The van der Waals surface area contributed by atoms with Crippen LogP contribution >= 0.6 is 0 Å². The SMILES string of the molecule is CC(C)(O)C#Cc1ccc2c(c1)[C@@]1(COC(N)=N1)c1cc(-c3cncnc3)ccc1O2. The van der Waals surface area contributed by atoms with E-state index in [4.69, 9.17) is 20.2 Å². The van der Waals surface area contributed by atoms with Gasteiger partial charge < -0.3 is 20.3 Å². The second kappa shape index (κ2) is 6.83. The van der Waals surface area contributed by atoms with E-state index < -0.39 is 11.1 Å². The monoisotopic (exact) mass is 412 g/mol. The molecule has 0 fully saturated rings. The fourth-order valence-corrected chi connectivity index (χ4v) is 3.79. The van der Waals surface area contributed by atoms with Crippen molar-refractivity contribution in [2.45, 2.75) is 25.0 Å². The molecule has 0 aliphatic carbocycles. The number of nitrogens with two attached hydrogens (primary N) is 1. The number of aliphatic imine (C=N–C) groups is 1. The summed E-state index contributed by atoms with van der Waals surface area (Å²) in [5.74, 6) is 7.21. The zero-order valence-electron chi connectivity index (χ0n) is 17.1. The highest BCUT2D eigenvalue weighted by Gasteiger charge is 2.47. The number of hydrogen-bond acceptors (Lipinski definition) is 7. The molecule has 3 N–H and O–H groups in total. The molecule has 1 spiro atoms. The first-order valence-corrected chi connectivity index (χ1v) is 9.80. The fraction of sp³-hybridized carbons (Fsp3) is 0.208. The zero-order chi connectivity index (χ0) is 21.6. The Hall–Kier alpha value is -3.89. The molecule has 2 aliphatic rings. The van der Waals surface area contributed by atoms with Crippen molar-refractivity contribution >= 4 is 6.02 Å². The molecule has 7 heteroatoms. The minimum atomic E-state index is -1.09. The highest BCUT2D eigenvalue weighted by Crippen LogP contribution is 2.51. The van der Waals surface area contributed by atoms with E-state index in [2.05, 4.69) is 21.8 Å². The fourth-order valence-electron chi connectivity index (χ4n) is 3.79. The van der Waals surface area contributed by atoms with Crippen LogP contribution in [0.5, 0.6) is 11.5 Å². The molecule has 0 amide bonds. The number of rotatable bonds is 1. The minimum Gasteiger partial charge on any atom is -0.462 e. The van der Waals surface area contributed by atoms with E-state index in [1.165, 1.54) is 6.33 Å². The predicted molar refractivity (Wildman–Crippen MR) is 116 cm³/mol. The molecule has 0 saturated heterocycles. The van der Waals surface area contributed by atoms with Crippen LogP contribution in [-0.4, -0.2) is 33.3 Å². The summed E-state index contributed by atoms with van der Waals surface area (Å²) < 4.78 is 11.8. The summed E-state index contributed by atoms with van der Waals surface area (Å²) in [5, 5.41) is 9.96. The van der Waals surface area contributed by atoms with Crippen molar-refractivity contribution in [1.29, 1.82) is 0 Å². The van der Waals surface area contributed by atoms with Gasteiger partial charge in [-0.25, -0.2) is 15.0 Å². The first-order chi connectivity index (χ1) is 14.8. The van der Waals surface area contributed by atoms with Crippen LogP contribution in [-0.2, 0) is 10.3 Å². The Morgan fingerprint density at radius 1 is 1.03 bits per heavy atom. The molecule has 0 unspecified atom stereocenters. The highest BCUT2D eigenvalue weighted by atomic mass is 16.5. The largest absolute Gasteiger partial charge is 0.462 e. The summed E-state index contributed by atoms with van der Waals surface area (Å²) in [6.45, 7) is 3.53. The molecule has 2 aliphatic heterocycles. The molecular formula is C24H20N4O3. The van der Waals surface area contributed by atoms with Crippen LogP contribution in [0.2, 0.25) is 0 Å². The van der Waals surface area contributed by atoms with Crippen molar-refractivity contribution in [3.63, 3.8) is 0 Å². The molecule has 3 heterocycles. The molecule has 1 atom stereocenters. The van der Waals surface area contributed by atoms with Crippen molar-refractivity contribution in [2.75, 3.05) is 6.61 Å². The second-order valence-corrected chi connectivity index (χ2v) is 8.06. The van der Waals surface area contributed by atoms with Gasteiger partial charge in [-0.1, -0.05) is 17.9 Å². The molecule has 7 nitrogen and oxygen atoms in total. The van der Waals surface area contributed by atoms with Gasteiger partial charge in [0.2, 0.25) is 0 Å². The Kier molecular flexibility index (Phi) is 4.20. The lowest BCUT2D eigenvalue weighted by atomic mass is 9.80. The summed E-state index contributed by atoms with van der Waals surface area (Å²) in [6, 6.07) is 11.6. The highest BCUT2D eigenvalue weighted by molar-refractivity contribution is 5.78. The summed E-state index contributed by atoms with van der Waals surface area (Å²) >= 11 is 0. The molecule has 0 bridgehead atoms. The molecule has 3 aromatic rings. The molecule has 154 valence electrons. The van der Waals surface area contributed by atoms with Crippen LogP contribution in [0, 0.1) is 11.8 Å². The first-order valence-electron chi connectivity index (χ1n) is 9.80. The van der Waals surface area contributed by atoms with Gasteiger partial charge >= 0.3 is 0 Å². The van der Waals surface area contributed by atoms with Gasteiger partial charge in [-0.05, 0) is 49.7 Å². The van der Waals surface area contributed by atoms with Crippen LogP contribution < -0.4 is 10.5 Å². The van der Waals surface area contributed by atoms with Gasteiger partial charge in [-0.3, -0.25) is 0 Å². The molecule has 0 saturated carbocycles. The van der Waals surface area contributed by atoms with Gasteiger partial charge in [0.05, 0.1) is 0 Å². The predicted octanol–water partition coefficient (Wildman–Crippen LogP) is 2.96. The lowest BCUT2D eigenvalue weighted by Crippen LogP contribution is -2.31. The van der Waals surface area contributed by atoms with Crippen LogP contribution in [0.3, 0.4) is 0 Å². The van der Waals surface area contributed by atoms with Crippen molar-refractivity contribution in [2.24, 2.45) is 10.7 Å². The zero-order valence-corrected chi connectivity index (χ0v) is 17.1. The van der Waals surface area contributed by atoms with E-state index >= 15 is 0 Å². The number of hydrogen-bond donors (Lipinski definition) is 2. The number of nitrogens with zero attached hydrogens (tertiary/aromatic N) is 3. The smallest absolute Gasteiger partial charge is 0.283 e. The third-order valence-electron chi connectivity index (χ3n) is 5.21. The number of fused-ring (bicyclic) bond motifs is 4. The van der Waals surface area contributed by atoms with Gasteiger partial charge in [-0.15, -0.1) is 0 Å². The number of aromatic nitrogens is 2. The van der Waals surface area contributed by atoms with Crippen LogP contribution in [0.1, 0.15) is 30.5 Å². The molecule has 2 aromatic carbocycles. The Morgan fingerprint density at radius 2 is 1.74 bits per heavy atom. The first kappa shape index (κ1) is 19.1. The number of aliphatic hydroxyl groups is 1. The maximum atomic E-state index is 9.96. The van der Waals surface area contributed by atoms with Crippen molar-refractivity contribution in [3.8, 4) is 34.5 Å². The second-order valence-electron chi connectivity index (χ2n) is 8.06. The molecular weight excluding hydrogens is 392 g/mol. The molecule has 1 aromatic heterocycles. The maximum Gasteiger partial charge on any atom is 0.283 e. The van der Waals surface area contributed by atoms with Crippen molar-refractivity contribution < 1.29 is 14.6 Å². The molecule has 31 heavy (non-hydrogen) atoms. The van der Waals surface area contributed by atoms with Crippen LogP contribution in [0.25, 0.3) is 11.1 Å². The molecule has 5 rings (SSSR count). The summed E-state index contributed by atoms with van der Waals surface area (Å²) in [7, 11) is 0. The summed E-state index contributed by atoms with van der Waals surface area (Å²) in [5.41, 5.74) is 8.22. The van der Waals surface area contributed by atoms with E-state index in [1.807, 2.05) is 36.4 Å². The van der Waals surface area contributed by atoms with Crippen molar-refractivity contribution in [1.82, 2.24) is 9.97 Å². The third kappa shape index (κ3) is 3.37. The van der Waals surface area contributed by atoms with E-state index in [-0.39, 0.29) is 12.6 Å². The standard InChI is InChI=1S/C24H20N4O3/c1-23(2,29)8-7-15-3-5-20-18(9-15)24(13-30-22(25)28-24)19-10-16(4-6-21(19)31-20)17-11-26-14-27-12-17/h3-6,9-12,14,29H,13H2,1-2H3,(H2,25,28)/t24-/m0/s1. The maximum absolute atomic E-state index is 9.96. The van der Waals surface area contributed by atoms with Gasteiger partial charge in [0.25, 0.3) is 6.02 Å². The van der Waals surface area contributed by atoms with E-state index in [0.717, 1.165) is 27.8 Å². The summed E-state index contributed by atoms with van der Waals surface area (Å²) in [4.78, 5) is 12.9. The average molecular weight is 412 g/mol. The Labute approximate surface area is 179 Å². The summed E-state index contributed by atoms with van der Waals surface area (Å²) in [6.07, 6.45) is 5.01. The Balaban J connectivity index is 1.69. The van der Waals surface area contributed by atoms with E-state index in [0.29, 0.717) is 11.5 Å². The number of ether oxygens (including phenoxy) is 2. The Morgan fingerprint density at radius 3 is 2.42 bits per heavy atom. The van der Waals surface area contributed by atoms with Gasteiger partial charge in [-0.2, -0.15) is 0 Å². The minimum absolute atomic E-state index is 0.125. The number of benzene rings is 2. The lowest BCUT2D eigenvalue weighted by molar-refractivity contribution is 0.143. The Bertz CT molecular complexity index is 1270. The molecule has 0 radical (unpaired) electrons. The average Bonchev–Trinajstić information content (AvgIpc) is 3.15. The third-order valence-corrected chi connectivity index (χ3v) is 5.21. The van der Waals surface area contributed by atoms with Gasteiger partial charge in [0.15, 0.2) is 5.54 Å². The topological polar surface area (TPSA) is 103 Å². The van der Waals surface area contributed by atoms with Gasteiger partial charge in [0.1, 0.15) is 30.0 Å². The quantitative estimate of drug-likeness (QED) is 0.596.